The molecule has 5 heavy (non-hydrogen) atoms. The van der Waals surface area contributed by atoms with E-state index in [1.54, 1.807) is 0 Å². The van der Waals surface area contributed by atoms with Gasteiger partial charge >= 0.3 is 23.9 Å². The summed E-state index contributed by atoms with van der Waals surface area (Å²) in [6, 6.07) is 0. The molecule has 0 aromatic heterocycles. The van der Waals surface area contributed by atoms with E-state index < -0.39 is 0 Å². The van der Waals surface area contributed by atoms with E-state index in [0.717, 1.165) is 0 Å². The van der Waals surface area contributed by atoms with Crippen molar-refractivity contribution in [2.75, 3.05) is 0 Å². The molecule has 0 fully saturated rings. The summed E-state index contributed by atoms with van der Waals surface area (Å²) in [6.07, 6.45) is 1.25. The summed E-state index contributed by atoms with van der Waals surface area (Å²) in [7, 11) is 0. The van der Waals surface area contributed by atoms with Crippen molar-refractivity contribution in [3.63, 3.8) is 0 Å². The Morgan fingerprint density at radius 3 is 1.20 bits per heavy atom. The molecule has 0 amide bonds. The monoisotopic (exact) mass is 361 g/mol. The van der Waals surface area contributed by atoms with Gasteiger partial charge < -0.3 is 0 Å². The molecule has 0 aliphatic rings. The number of hydrogen-bond acceptors (Lipinski definition) is 0. The van der Waals surface area contributed by atoms with Crippen molar-refractivity contribution in [2.45, 2.75) is 20.3 Å². The fraction of sp³-hybridized carbons (Fsp3) is 1.00. The van der Waals surface area contributed by atoms with E-state index in [4.69, 9.17) is 0 Å². The van der Waals surface area contributed by atoms with Gasteiger partial charge in [0.25, 0.3) is 0 Å². The summed E-state index contributed by atoms with van der Waals surface area (Å²) in [5, 5.41) is 0. The maximum absolute atomic E-state index is 2.12. The van der Waals surface area contributed by atoms with Crippen molar-refractivity contribution in [1.82, 2.24) is 0 Å². The van der Waals surface area contributed by atoms with Crippen molar-refractivity contribution in [2.24, 2.45) is 0 Å². The van der Waals surface area contributed by atoms with Gasteiger partial charge in [0.05, 0.1) is 0 Å². The second-order valence-electron chi connectivity index (χ2n) is 0.707. The Bertz CT molecular complexity index is 6.85. The Morgan fingerprint density at radius 1 is 1.20 bits per heavy atom. The predicted octanol–water partition coefficient (Wildman–Crippen LogP) is 0.498. The topological polar surface area (TPSA) is 0 Å². The molecule has 2 heteroatoms. The molecule has 0 aromatic rings. The first-order valence-corrected chi connectivity index (χ1v) is 1.41. The minimum absolute atomic E-state index is 0. The molecule has 0 saturated carbocycles. The van der Waals surface area contributed by atoms with Crippen LogP contribution in [0, 0.1) is 0 Å². The van der Waals surface area contributed by atoms with Gasteiger partial charge in [0.15, 0.2) is 0 Å². The Labute approximate surface area is 64.9 Å². The normalized spacial score (nSPS) is 3.60. The Balaban J connectivity index is -0.0000000200. The molecule has 0 heterocycles. The summed E-state index contributed by atoms with van der Waals surface area (Å²) < 4.78 is 0. The molecule has 0 aromatic carbocycles. The van der Waals surface area contributed by atoms with E-state index in [0.29, 0.717) is 0 Å². The van der Waals surface area contributed by atoms with E-state index in [9.17, 15) is 0 Å². The molecule has 0 saturated heterocycles. The molecule has 36 valence electrons. The third-order valence-corrected chi connectivity index (χ3v) is 0. The van der Waals surface area contributed by atoms with E-state index in [1.807, 2.05) is 0 Å². The van der Waals surface area contributed by atoms with Crippen LogP contribution in [0.5, 0.6) is 0 Å². The van der Waals surface area contributed by atoms with E-state index in [2.05, 4.69) is 13.8 Å². The molecule has 2 radical (unpaired) electrons. The zero-order chi connectivity index (χ0) is 2.71. The fourth-order valence-corrected chi connectivity index (χ4v) is 0. The zero-order valence-corrected chi connectivity index (χ0v) is 10.0. The van der Waals surface area contributed by atoms with Gasteiger partial charge in [-0.3, -0.25) is 0 Å². The van der Waals surface area contributed by atoms with Gasteiger partial charge in [-0.2, -0.15) is 0 Å². The van der Waals surface area contributed by atoms with Crippen LogP contribution in [0.15, 0.2) is 0 Å². The summed E-state index contributed by atoms with van der Waals surface area (Å²) in [5.74, 6) is 0. The van der Waals surface area contributed by atoms with Crippen LogP contribution < -0.4 is 0 Å². The Morgan fingerprint density at radius 2 is 1.20 bits per heavy atom. The standard InChI is InChI=1S/C3H8.Pt.Sn.2H/c1-3-2;;;;/h3H2,1-2H3;;;;. The van der Waals surface area contributed by atoms with Crippen LogP contribution in [0.25, 0.3) is 0 Å². The van der Waals surface area contributed by atoms with Crippen molar-refractivity contribution in [3.05, 3.63) is 0 Å². The van der Waals surface area contributed by atoms with Crippen LogP contribution in [0.1, 0.15) is 20.3 Å². The molecule has 0 bridgehead atoms. The van der Waals surface area contributed by atoms with Crippen molar-refractivity contribution < 1.29 is 21.1 Å². The molecule has 0 nitrogen and oxygen atoms in total. The van der Waals surface area contributed by atoms with Gasteiger partial charge in [-0.05, 0) is 0 Å². The Hall–Kier alpha value is 1.49. The summed E-state index contributed by atoms with van der Waals surface area (Å²) in [4.78, 5) is 0. The van der Waals surface area contributed by atoms with Crippen molar-refractivity contribution >= 4 is 23.9 Å². The predicted molar refractivity (Wildman–Crippen MR) is 24.5 cm³/mol. The van der Waals surface area contributed by atoms with Gasteiger partial charge in [0, 0.05) is 21.1 Å². The second kappa shape index (κ2) is 17.9. The van der Waals surface area contributed by atoms with Gasteiger partial charge in [-0.25, -0.2) is 0 Å². The average molecular weight is 360 g/mol. The molecule has 0 N–H and O–H groups in total. The first-order chi connectivity index (χ1) is 1.41. The fourth-order valence-electron chi connectivity index (χ4n) is 0. The minimum atomic E-state index is 0. The first kappa shape index (κ1) is 16.1. The summed E-state index contributed by atoms with van der Waals surface area (Å²) >= 11 is 0. The van der Waals surface area contributed by atoms with Crippen LogP contribution in [0.3, 0.4) is 0 Å². The molecular formula is C3H10PtSn. The van der Waals surface area contributed by atoms with Crippen LogP contribution in [0.4, 0.5) is 0 Å². The molecule has 0 spiro atoms. The quantitative estimate of drug-likeness (QED) is 0.552. The van der Waals surface area contributed by atoms with E-state index in [1.165, 1.54) is 6.42 Å². The molecule has 0 unspecified atom stereocenters. The zero-order valence-electron chi connectivity index (χ0n) is 3.73. The molecule has 0 aliphatic carbocycles. The Kier molecular flexibility index (Phi) is 57.4. The number of rotatable bonds is 0. The van der Waals surface area contributed by atoms with Crippen molar-refractivity contribution in [1.29, 1.82) is 0 Å². The third-order valence-electron chi connectivity index (χ3n) is 0. The van der Waals surface area contributed by atoms with Gasteiger partial charge in [0.1, 0.15) is 0 Å². The third kappa shape index (κ3) is 30.2. The summed E-state index contributed by atoms with van der Waals surface area (Å²) in [6.45, 7) is 4.25. The second-order valence-corrected chi connectivity index (χ2v) is 0.707. The van der Waals surface area contributed by atoms with Crippen molar-refractivity contribution in [3.8, 4) is 0 Å². The molecule has 0 atom stereocenters. The van der Waals surface area contributed by atoms with Gasteiger partial charge in [-0.1, -0.05) is 20.3 Å². The number of hydrogen-bond donors (Lipinski definition) is 0. The molecular weight excluding hydrogens is 350 g/mol. The SMILES string of the molecule is CCC.[Pt].[SnH2]. The van der Waals surface area contributed by atoms with Crippen LogP contribution in [0.2, 0.25) is 0 Å². The van der Waals surface area contributed by atoms with E-state index in [-0.39, 0.29) is 45.0 Å². The molecule has 0 rings (SSSR count). The van der Waals surface area contributed by atoms with E-state index >= 15 is 0 Å². The van der Waals surface area contributed by atoms with Gasteiger partial charge in [-0.15, -0.1) is 0 Å². The summed E-state index contributed by atoms with van der Waals surface area (Å²) in [5.41, 5.74) is 0. The van der Waals surface area contributed by atoms with Crippen LogP contribution in [-0.4, -0.2) is 23.9 Å². The molecule has 0 aliphatic heterocycles. The maximum atomic E-state index is 2.12. The first-order valence-electron chi connectivity index (χ1n) is 1.41. The van der Waals surface area contributed by atoms with Crippen LogP contribution >= 0.6 is 0 Å². The average Bonchev–Trinajstić information content (AvgIpc) is 0.918. The van der Waals surface area contributed by atoms with Crippen LogP contribution in [-0.2, 0) is 21.1 Å². The van der Waals surface area contributed by atoms with Gasteiger partial charge in [0.2, 0.25) is 0 Å².